The lowest BCUT2D eigenvalue weighted by atomic mass is 10.1. The molecule has 0 saturated heterocycles. The van der Waals surface area contributed by atoms with Gasteiger partial charge in [-0.2, -0.15) is 0 Å². The average molecular weight is 207 g/mol. The van der Waals surface area contributed by atoms with E-state index in [-0.39, 0.29) is 0 Å². The van der Waals surface area contributed by atoms with Gasteiger partial charge < -0.3 is 10.6 Å². The number of nitrogens with two attached hydrogens (primary N) is 1. The van der Waals surface area contributed by atoms with Gasteiger partial charge in [0.1, 0.15) is 5.82 Å². The van der Waals surface area contributed by atoms with Crippen molar-refractivity contribution < 1.29 is 0 Å². The van der Waals surface area contributed by atoms with Crippen molar-refractivity contribution in [1.82, 2.24) is 4.98 Å². The molecule has 0 aromatic carbocycles. The number of aryl methyl sites for hydroxylation is 1. The third kappa shape index (κ3) is 2.93. The van der Waals surface area contributed by atoms with E-state index < -0.39 is 0 Å². The second-order valence-electron chi connectivity index (χ2n) is 3.91. The van der Waals surface area contributed by atoms with Crippen LogP contribution in [0.2, 0.25) is 0 Å². The van der Waals surface area contributed by atoms with Crippen LogP contribution >= 0.6 is 0 Å². The van der Waals surface area contributed by atoms with Gasteiger partial charge in [-0.25, -0.2) is 4.98 Å². The van der Waals surface area contributed by atoms with E-state index in [9.17, 15) is 0 Å². The van der Waals surface area contributed by atoms with E-state index in [1.165, 1.54) is 18.4 Å². The van der Waals surface area contributed by atoms with Gasteiger partial charge in [-0.15, -0.1) is 0 Å². The molecule has 1 heterocycles. The van der Waals surface area contributed by atoms with Crippen molar-refractivity contribution in [3.05, 3.63) is 23.4 Å². The predicted molar refractivity (Wildman–Crippen MR) is 65.0 cm³/mol. The molecule has 1 aromatic heterocycles. The van der Waals surface area contributed by atoms with Crippen molar-refractivity contribution in [1.29, 1.82) is 0 Å². The molecule has 0 aliphatic carbocycles. The molecule has 15 heavy (non-hydrogen) atoms. The summed E-state index contributed by atoms with van der Waals surface area (Å²) >= 11 is 0. The van der Waals surface area contributed by atoms with E-state index in [0.717, 1.165) is 17.9 Å². The van der Waals surface area contributed by atoms with Crippen molar-refractivity contribution in [2.24, 2.45) is 5.73 Å². The smallest absolute Gasteiger partial charge is 0.133 e. The first-order valence-corrected chi connectivity index (χ1v) is 5.56. The normalized spacial score (nSPS) is 10.4. The van der Waals surface area contributed by atoms with E-state index in [1.807, 2.05) is 12.3 Å². The highest BCUT2D eigenvalue weighted by Crippen LogP contribution is 2.19. The van der Waals surface area contributed by atoms with Crippen LogP contribution in [0.25, 0.3) is 0 Å². The van der Waals surface area contributed by atoms with Gasteiger partial charge in [0, 0.05) is 31.9 Å². The molecule has 0 bridgehead atoms. The summed E-state index contributed by atoms with van der Waals surface area (Å²) < 4.78 is 0. The molecule has 3 heteroatoms. The number of rotatable bonds is 5. The van der Waals surface area contributed by atoms with E-state index in [2.05, 4.69) is 30.8 Å². The van der Waals surface area contributed by atoms with Crippen LogP contribution in [0.4, 0.5) is 5.82 Å². The van der Waals surface area contributed by atoms with Gasteiger partial charge in [-0.05, 0) is 25.0 Å². The van der Waals surface area contributed by atoms with Crippen molar-refractivity contribution in [3.63, 3.8) is 0 Å². The molecule has 0 aliphatic heterocycles. The van der Waals surface area contributed by atoms with Crippen LogP contribution in [-0.2, 0) is 6.54 Å². The summed E-state index contributed by atoms with van der Waals surface area (Å²) in [6, 6.07) is 2.01. The summed E-state index contributed by atoms with van der Waals surface area (Å²) in [5.74, 6) is 1.03. The molecule has 0 unspecified atom stereocenters. The van der Waals surface area contributed by atoms with Crippen LogP contribution in [0.15, 0.2) is 12.3 Å². The molecule has 0 aliphatic rings. The molecular formula is C12H21N3. The average Bonchev–Trinajstić information content (AvgIpc) is 2.25. The molecule has 3 nitrogen and oxygen atoms in total. The number of unbranched alkanes of at least 4 members (excludes halogenated alkanes) is 1. The Morgan fingerprint density at radius 2 is 2.20 bits per heavy atom. The van der Waals surface area contributed by atoms with Gasteiger partial charge in [0.05, 0.1) is 0 Å². The topological polar surface area (TPSA) is 42.2 Å². The SMILES string of the molecule is CCCCN(C)c1nccc(C)c1CN. The van der Waals surface area contributed by atoms with Crippen LogP contribution in [0, 0.1) is 6.92 Å². The summed E-state index contributed by atoms with van der Waals surface area (Å²) in [6.07, 6.45) is 4.25. The van der Waals surface area contributed by atoms with Crippen LogP contribution in [0.3, 0.4) is 0 Å². The Labute approximate surface area is 92.3 Å². The Morgan fingerprint density at radius 3 is 2.80 bits per heavy atom. The zero-order valence-electron chi connectivity index (χ0n) is 9.95. The standard InChI is InChI=1S/C12H21N3/c1-4-5-8-15(3)12-11(9-13)10(2)6-7-14-12/h6-7H,4-5,8-9,13H2,1-3H3. The minimum absolute atomic E-state index is 0.561. The monoisotopic (exact) mass is 207 g/mol. The molecule has 0 saturated carbocycles. The van der Waals surface area contributed by atoms with Crippen LogP contribution in [0.5, 0.6) is 0 Å². The molecule has 0 fully saturated rings. The van der Waals surface area contributed by atoms with E-state index in [4.69, 9.17) is 5.73 Å². The Balaban J connectivity index is 2.87. The summed E-state index contributed by atoms with van der Waals surface area (Å²) in [5.41, 5.74) is 8.14. The summed E-state index contributed by atoms with van der Waals surface area (Å²) in [4.78, 5) is 6.60. The van der Waals surface area contributed by atoms with Crippen LogP contribution < -0.4 is 10.6 Å². The first-order chi connectivity index (χ1) is 7.20. The minimum atomic E-state index is 0.561. The molecule has 0 atom stereocenters. The molecule has 1 aromatic rings. The van der Waals surface area contributed by atoms with Gasteiger partial charge in [-0.3, -0.25) is 0 Å². The number of anilines is 1. The summed E-state index contributed by atoms with van der Waals surface area (Å²) in [7, 11) is 2.08. The Morgan fingerprint density at radius 1 is 1.47 bits per heavy atom. The highest BCUT2D eigenvalue weighted by molar-refractivity contribution is 5.49. The number of pyridine rings is 1. The Bertz CT molecular complexity index is 310. The number of aromatic nitrogens is 1. The predicted octanol–water partition coefficient (Wildman–Crippen LogP) is 2.09. The minimum Gasteiger partial charge on any atom is -0.359 e. The lowest BCUT2D eigenvalue weighted by molar-refractivity contribution is 0.754. The Kier molecular flexibility index (Phi) is 4.56. The maximum absolute atomic E-state index is 5.75. The fourth-order valence-electron chi connectivity index (χ4n) is 1.66. The zero-order chi connectivity index (χ0) is 11.3. The third-order valence-electron chi connectivity index (χ3n) is 2.68. The van der Waals surface area contributed by atoms with Crippen molar-refractivity contribution >= 4 is 5.82 Å². The fraction of sp³-hybridized carbons (Fsp3) is 0.583. The van der Waals surface area contributed by atoms with Crippen molar-refractivity contribution in [3.8, 4) is 0 Å². The molecule has 84 valence electrons. The van der Waals surface area contributed by atoms with Gasteiger partial charge in [-0.1, -0.05) is 13.3 Å². The van der Waals surface area contributed by atoms with E-state index >= 15 is 0 Å². The summed E-state index contributed by atoms with van der Waals surface area (Å²) in [5, 5.41) is 0. The molecule has 0 radical (unpaired) electrons. The quantitative estimate of drug-likeness (QED) is 0.804. The van der Waals surface area contributed by atoms with Crippen LogP contribution in [0.1, 0.15) is 30.9 Å². The molecule has 1 rings (SSSR count). The first kappa shape index (κ1) is 12.0. The summed E-state index contributed by atoms with van der Waals surface area (Å²) in [6.45, 7) is 5.88. The highest BCUT2D eigenvalue weighted by atomic mass is 15.2. The fourth-order valence-corrected chi connectivity index (χ4v) is 1.66. The second-order valence-corrected chi connectivity index (χ2v) is 3.91. The number of nitrogens with zero attached hydrogens (tertiary/aromatic N) is 2. The second kappa shape index (κ2) is 5.71. The van der Waals surface area contributed by atoms with E-state index in [1.54, 1.807) is 0 Å². The zero-order valence-corrected chi connectivity index (χ0v) is 9.95. The van der Waals surface area contributed by atoms with E-state index in [0.29, 0.717) is 6.54 Å². The lowest BCUT2D eigenvalue weighted by Gasteiger charge is -2.21. The molecule has 2 N–H and O–H groups in total. The lowest BCUT2D eigenvalue weighted by Crippen LogP contribution is -2.22. The molecule has 0 spiro atoms. The van der Waals surface area contributed by atoms with Crippen molar-refractivity contribution in [2.75, 3.05) is 18.5 Å². The van der Waals surface area contributed by atoms with Gasteiger partial charge in [0.15, 0.2) is 0 Å². The maximum atomic E-state index is 5.75. The number of hydrogen-bond acceptors (Lipinski definition) is 3. The number of hydrogen-bond donors (Lipinski definition) is 1. The van der Waals surface area contributed by atoms with Crippen molar-refractivity contribution in [2.45, 2.75) is 33.2 Å². The van der Waals surface area contributed by atoms with Gasteiger partial charge in [0.2, 0.25) is 0 Å². The largest absolute Gasteiger partial charge is 0.359 e. The first-order valence-electron chi connectivity index (χ1n) is 5.56. The third-order valence-corrected chi connectivity index (χ3v) is 2.68. The Hall–Kier alpha value is -1.09. The highest BCUT2D eigenvalue weighted by Gasteiger charge is 2.09. The molecular weight excluding hydrogens is 186 g/mol. The van der Waals surface area contributed by atoms with Gasteiger partial charge >= 0.3 is 0 Å². The maximum Gasteiger partial charge on any atom is 0.133 e. The van der Waals surface area contributed by atoms with Crippen LogP contribution in [-0.4, -0.2) is 18.6 Å². The molecule has 0 amide bonds. The van der Waals surface area contributed by atoms with Gasteiger partial charge in [0.25, 0.3) is 0 Å².